The molecule has 1 aliphatic heterocycles. The highest BCUT2D eigenvalue weighted by Gasteiger charge is 2.11. The molecule has 0 radical (unpaired) electrons. The molecule has 0 aromatic heterocycles. The Kier molecular flexibility index (Phi) is 3.18. The molecule has 0 atom stereocenters. The summed E-state index contributed by atoms with van der Waals surface area (Å²) in [5.74, 6) is 1.44. The van der Waals surface area contributed by atoms with Gasteiger partial charge in [0.15, 0.2) is 0 Å². The first-order valence-corrected chi connectivity index (χ1v) is 5.79. The van der Waals surface area contributed by atoms with Crippen molar-refractivity contribution < 1.29 is 9.15 Å². The fraction of sp³-hybridized carbons (Fsp3) is 0.357. The van der Waals surface area contributed by atoms with Crippen LogP contribution in [0.3, 0.4) is 0 Å². The largest absolute Gasteiger partial charge is 0.465 e. The standard InChI is InChI=1S/C14H18NO2/c1-5-16-14-8-10(2)12-7-6-11(15(3)4)9-13(12)17-14/h6-9H,5H2,1-4H3/q+1. The summed E-state index contributed by atoms with van der Waals surface area (Å²) in [6.45, 7) is 4.63. The molecule has 0 fully saturated rings. The summed E-state index contributed by atoms with van der Waals surface area (Å²) in [6, 6.07) is 8.14. The SMILES string of the molecule is CCOc1cc(C)c2ccc(=[N+](C)C)cc-2o1. The Balaban J connectivity index is 2.67. The van der Waals surface area contributed by atoms with Crippen molar-refractivity contribution in [3.05, 3.63) is 35.2 Å². The monoisotopic (exact) mass is 232 g/mol. The molecular weight excluding hydrogens is 214 g/mol. The van der Waals surface area contributed by atoms with Crippen molar-refractivity contribution >= 4 is 0 Å². The van der Waals surface area contributed by atoms with Gasteiger partial charge < -0.3 is 9.15 Å². The van der Waals surface area contributed by atoms with Gasteiger partial charge in [-0.1, -0.05) is 0 Å². The molecule has 0 saturated heterocycles. The van der Waals surface area contributed by atoms with Crippen LogP contribution in [0, 0.1) is 6.92 Å². The second kappa shape index (κ2) is 4.62. The number of ether oxygens (including phenoxy) is 1. The van der Waals surface area contributed by atoms with Gasteiger partial charge in [0.1, 0.15) is 19.9 Å². The van der Waals surface area contributed by atoms with Crippen molar-refractivity contribution in [2.45, 2.75) is 13.8 Å². The molecular formula is C14H18NO2+. The van der Waals surface area contributed by atoms with E-state index in [-0.39, 0.29) is 0 Å². The maximum absolute atomic E-state index is 5.72. The molecule has 1 aliphatic carbocycles. The first-order chi connectivity index (χ1) is 8.11. The first kappa shape index (κ1) is 11.7. The average Bonchev–Trinajstić information content (AvgIpc) is 2.28. The van der Waals surface area contributed by atoms with E-state index in [9.17, 15) is 0 Å². The van der Waals surface area contributed by atoms with Crippen LogP contribution in [0.25, 0.3) is 11.3 Å². The number of fused-ring (bicyclic) bond motifs is 1. The maximum atomic E-state index is 5.72. The third-order valence-electron chi connectivity index (χ3n) is 2.74. The number of hydrogen-bond acceptors (Lipinski definition) is 2. The molecule has 17 heavy (non-hydrogen) atoms. The first-order valence-electron chi connectivity index (χ1n) is 5.79. The van der Waals surface area contributed by atoms with Crippen molar-refractivity contribution in [3.8, 4) is 17.3 Å². The Morgan fingerprint density at radius 1 is 1.24 bits per heavy atom. The number of rotatable bonds is 2. The lowest BCUT2D eigenvalue weighted by atomic mass is 10.1. The van der Waals surface area contributed by atoms with Crippen molar-refractivity contribution in [1.29, 1.82) is 0 Å². The lowest BCUT2D eigenvalue weighted by molar-refractivity contribution is 0.254. The van der Waals surface area contributed by atoms with Gasteiger partial charge in [-0.25, -0.2) is 4.58 Å². The van der Waals surface area contributed by atoms with Crippen molar-refractivity contribution in [3.63, 3.8) is 0 Å². The molecule has 0 aromatic carbocycles. The quantitative estimate of drug-likeness (QED) is 0.741. The second-order valence-corrected chi connectivity index (χ2v) is 4.26. The van der Waals surface area contributed by atoms with Crippen molar-refractivity contribution in [2.24, 2.45) is 0 Å². The van der Waals surface area contributed by atoms with Crippen molar-refractivity contribution in [2.75, 3.05) is 20.7 Å². The van der Waals surface area contributed by atoms with Gasteiger partial charge in [-0.15, -0.1) is 0 Å². The highest BCUT2D eigenvalue weighted by atomic mass is 16.6. The zero-order valence-corrected chi connectivity index (χ0v) is 10.8. The predicted molar refractivity (Wildman–Crippen MR) is 68.4 cm³/mol. The van der Waals surface area contributed by atoms with Gasteiger partial charge in [0, 0.05) is 17.7 Å². The van der Waals surface area contributed by atoms with Crippen LogP contribution in [0.2, 0.25) is 0 Å². The van der Waals surface area contributed by atoms with Crippen LogP contribution in [-0.4, -0.2) is 20.7 Å². The number of hydrogen-bond donors (Lipinski definition) is 0. The fourth-order valence-corrected chi connectivity index (χ4v) is 1.81. The van der Waals surface area contributed by atoms with Crippen LogP contribution in [-0.2, 0) is 0 Å². The number of aryl methyl sites for hydroxylation is 1. The highest BCUT2D eigenvalue weighted by Crippen LogP contribution is 2.29. The molecule has 1 heterocycles. The normalized spacial score (nSPS) is 10.6. The van der Waals surface area contributed by atoms with Crippen LogP contribution < -0.4 is 14.7 Å². The van der Waals surface area contributed by atoms with E-state index in [0.717, 1.165) is 16.7 Å². The molecule has 0 N–H and O–H groups in total. The number of benzene rings is 1. The molecule has 0 aromatic rings. The van der Waals surface area contributed by atoms with E-state index in [1.807, 2.05) is 33.2 Å². The van der Waals surface area contributed by atoms with Crippen molar-refractivity contribution in [1.82, 2.24) is 4.58 Å². The third kappa shape index (κ3) is 2.33. The van der Waals surface area contributed by atoms with E-state index in [2.05, 4.69) is 23.6 Å². The van der Waals surface area contributed by atoms with Gasteiger partial charge >= 0.3 is 0 Å². The van der Waals surface area contributed by atoms with Crippen LogP contribution in [0.15, 0.2) is 28.7 Å². The predicted octanol–water partition coefficient (Wildman–Crippen LogP) is 2.12. The molecule has 0 amide bonds. The van der Waals surface area contributed by atoms with Crippen LogP contribution >= 0.6 is 0 Å². The van der Waals surface area contributed by atoms with E-state index < -0.39 is 0 Å². The topological polar surface area (TPSA) is 25.4 Å². The molecule has 0 saturated carbocycles. The molecule has 90 valence electrons. The zero-order chi connectivity index (χ0) is 12.4. The Morgan fingerprint density at radius 3 is 2.65 bits per heavy atom. The summed E-state index contributed by atoms with van der Waals surface area (Å²) in [6.07, 6.45) is 0. The lowest BCUT2D eigenvalue weighted by Gasteiger charge is -2.10. The zero-order valence-electron chi connectivity index (χ0n) is 10.8. The van der Waals surface area contributed by atoms with Crippen LogP contribution in [0.5, 0.6) is 5.95 Å². The van der Waals surface area contributed by atoms with Crippen LogP contribution in [0.4, 0.5) is 0 Å². The lowest BCUT2D eigenvalue weighted by Crippen LogP contribution is -2.21. The Hall–Kier alpha value is -1.77. The minimum absolute atomic E-state index is 0.577. The Bertz CT molecular complexity index is 565. The minimum Gasteiger partial charge on any atom is -0.465 e. The molecule has 3 nitrogen and oxygen atoms in total. The minimum atomic E-state index is 0.577. The average molecular weight is 232 g/mol. The number of nitrogens with zero attached hydrogens (tertiary/aromatic N) is 1. The summed E-state index contributed by atoms with van der Waals surface area (Å²) < 4.78 is 13.2. The van der Waals surface area contributed by atoms with E-state index in [4.69, 9.17) is 9.15 Å². The smallest absolute Gasteiger partial charge is 0.284 e. The molecule has 0 spiro atoms. The van der Waals surface area contributed by atoms with Gasteiger partial charge in [0.05, 0.1) is 12.7 Å². The maximum Gasteiger partial charge on any atom is 0.284 e. The second-order valence-electron chi connectivity index (χ2n) is 4.26. The van der Waals surface area contributed by atoms with Gasteiger partial charge in [0.25, 0.3) is 5.95 Å². The third-order valence-corrected chi connectivity index (χ3v) is 2.74. The van der Waals surface area contributed by atoms with Gasteiger partial charge in [-0.05, 0) is 25.5 Å². The summed E-state index contributed by atoms with van der Waals surface area (Å²) >= 11 is 0. The van der Waals surface area contributed by atoms with E-state index >= 15 is 0 Å². The van der Waals surface area contributed by atoms with Gasteiger partial charge in [0.2, 0.25) is 5.36 Å². The summed E-state index contributed by atoms with van der Waals surface area (Å²) in [7, 11) is 4.03. The van der Waals surface area contributed by atoms with Gasteiger partial charge in [-0.3, -0.25) is 0 Å². The molecule has 0 bridgehead atoms. The molecule has 2 aliphatic rings. The Morgan fingerprint density at radius 2 is 2.00 bits per heavy atom. The van der Waals surface area contributed by atoms with Gasteiger partial charge in [-0.2, -0.15) is 0 Å². The summed E-state index contributed by atoms with van der Waals surface area (Å²) in [5, 5.41) is 1.12. The molecule has 3 heteroatoms. The van der Waals surface area contributed by atoms with E-state index in [1.54, 1.807) is 0 Å². The van der Waals surface area contributed by atoms with Crippen LogP contribution in [0.1, 0.15) is 12.5 Å². The highest BCUT2D eigenvalue weighted by molar-refractivity contribution is 5.63. The van der Waals surface area contributed by atoms with E-state index in [1.165, 1.54) is 5.56 Å². The molecule has 0 unspecified atom stereocenters. The van der Waals surface area contributed by atoms with E-state index in [0.29, 0.717) is 12.6 Å². The Labute approximate surface area is 101 Å². The summed E-state index contributed by atoms with van der Waals surface area (Å²) in [4.78, 5) is 0. The molecule has 2 rings (SSSR count). The summed E-state index contributed by atoms with van der Waals surface area (Å²) in [5.41, 5.74) is 2.29. The fourth-order valence-electron chi connectivity index (χ4n) is 1.81.